The van der Waals surface area contributed by atoms with Gasteiger partial charge in [-0.1, -0.05) is 0 Å². The molecule has 7 nitrogen and oxygen atoms in total. The molecule has 0 saturated carbocycles. The molecule has 0 aromatic heterocycles. The Morgan fingerprint density at radius 1 is 1.19 bits per heavy atom. The SMILES string of the molecule is CC(C)(C)S(=O)(=O)CCN1C(=O)NC2(CCNCC2)C1=O. The van der Waals surface area contributed by atoms with Crippen LogP contribution in [0.15, 0.2) is 0 Å². The molecule has 1 spiro atoms. The maximum absolute atomic E-state index is 12.5. The van der Waals surface area contributed by atoms with Crippen molar-refractivity contribution >= 4 is 21.8 Å². The molecule has 21 heavy (non-hydrogen) atoms. The summed E-state index contributed by atoms with van der Waals surface area (Å²) in [7, 11) is -3.36. The summed E-state index contributed by atoms with van der Waals surface area (Å²) < 4.78 is 23.3. The Morgan fingerprint density at radius 2 is 1.76 bits per heavy atom. The van der Waals surface area contributed by atoms with E-state index in [9.17, 15) is 18.0 Å². The van der Waals surface area contributed by atoms with Crippen LogP contribution in [0.2, 0.25) is 0 Å². The average Bonchev–Trinajstić information content (AvgIpc) is 2.59. The molecule has 2 saturated heterocycles. The zero-order valence-corrected chi connectivity index (χ0v) is 13.5. The lowest BCUT2D eigenvalue weighted by Crippen LogP contribution is -2.54. The van der Waals surface area contributed by atoms with Crippen LogP contribution < -0.4 is 10.6 Å². The smallest absolute Gasteiger partial charge is 0.323 e. The summed E-state index contributed by atoms with van der Waals surface area (Å²) in [6.45, 7) is 6.09. The number of hydrogen-bond donors (Lipinski definition) is 2. The van der Waals surface area contributed by atoms with Crippen molar-refractivity contribution in [3.05, 3.63) is 0 Å². The summed E-state index contributed by atoms with van der Waals surface area (Å²) in [5.41, 5.74) is -0.839. The van der Waals surface area contributed by atoms with E-state index in [1.165, 1.54) is 0 Å². The number of carbonyl (C=O) groups excluding carboxylic acids is 2. The van der Waals surface area contributed by atoms with E-state index in [1.807, 2.05) is 0 Å². The fourth-order valence-corrected chi connectivity index (χ4v) is 3.62. The molecule has 0 bridgehead atoms. The highest BCUT2D eigenvalue weighted by atomic mass is 32.2. The molecule has 0 radical (unpaired) electrons. The molecule has 0 atom stereocenters. The molecule has 0 aliphatic carbocycles. The number of piperidine rings is 1. The first kappa shape index (κ1) is 16.2. The van der Waals surface area contributed by atoms with Crippen LogP contribution in [0.1, 0.15) is 33.6 Å². The second-order valence-electron chi connectivity index (χ2n) is 6.65. The van der Waals surface area contributed by atoms with Gasteiger partial charge in [0.1, 0.15) is 5.54 Å². The van der Waals surface area contributed by atoms with Crippen LogP contribution >= 0.6 is 0 Å². The quantitative estimate of drug-likeness (QED) is 0.707. The third-order valence-corrected chi connectivity index (χ3v) is 6.81. The number of amides is 3. The van der Waals surface area contributed by atoms with Crippen LogP contribution in [0.5, 0.6) is 0 Å². The Kier molecular flexibility index (Phi) is 4.05. The van der Waals surface area contributed by atoms with Crippen LogP contribution in [-0.4, -0.2) is 60.9 Å². The summed E-state index contributed by atoms with van der Waals surface area (Å²) in [5, 5.41) is 5.89. The van der Waals surface area contributed by atoms with Crippen molar-refractivity contribution < 1.29 is 18.0 Å². The zero-order chi connectivity index (χ0) is 15.9. The van der Waals surface area contributed by atoms with Crippen molar-refractivity contribution in [1.82, 2.24) is 15.5 Å². The van der Waals surface area contributed by atoms with E-state index in [1.54, 1.807) is 20.8 Å². The normalized spacial score (nSPS) is 22.7. The number of sulfone groups is 1. The van der Waals surface area contributed by atoms with E-state index >= 15 is 0 Å². The molecular formula is C13H23N3O4S. The minimum absolute atomic E-state index is 0.0839. The van der Waals surface area contributed by atoms with Gasteiger partial charge in [-0.05, 0) is 46.7 Å². The number of urea groups is 1. The molecule has 2 rings (SSSR count). The first-order valence-electron chi connectivity index (χ1n) is 7.16. The van der Waals surface area contributed by atoms with E-state index in [-0.39, 0.29) is 18.2 Å². The van der Waals surface area contributed by atoms with Gasteiger partial charge in [0.2, 0.25) is 0 Å². The zero-order valence-electron chi connectivity index (χ0n) is 12.7. The van der Waals surface area contributed by atoms with E-state index in [4.69, 9.17) is 0 Å². The average molecular weight is 317 g/mol. The second-order valence-corrected chi connectivity index (χ2v) is 9.51. The van der Waals surface area contributed by atoms with Crippen LogP contribution in [0.25, 0.3) is 0 Å². The minimum atomic E-state index is -3.36. The van der Waals surface area contributed by atoms with Crippen molar-refractivity contribution in [3.63, 3.8) is 0 Å². The molecule has 0 unspecified atom stereocenters. The topological polar surface area (TPSA) is 95.6 Å². The van der Waals surface area contributed by atoms with Gasteiger partial charge in [0, 0.05) is 6.54 Å². The largest absolute Gasteiger partial charge is 0.325 e. The lowest BCUT2D eigenvalue weighted by atomic mass is 9.88. The van der Waals surface area contributed by atoms with Crippen molar-refractivity contribution in [2.45, 2.75) is 43.9 Å². The highest BCUT2D eigenvalue weighted by Gasteiger charge is 2.51. The van der Waals surface area contributed by atoms with Crippen molar-refractivity contribution in [1.29, 1.82) is 0 Å². The molecule has 2 heterocycles. The molecule has 0 aromatic rings. The number of rotatable bonds is 3. The number of carbonyl (C=O) groups is 2. The van der Waals surface area contributed by atoms with Gasteiger partial charge in [0.05, 0.1) is 10.5 Å². The third-order valence-electron chi connectivity index (χ3n) is 4.22. The second kappa shape index (κ2) is 5.24. The predicted octanol–water partition coefficient (Wildman–Crippen LogP) is -0.126. The summed E-state index contributed by atoms with van der Waals surface area (Å²) >= 11 is 0. The van der Waals surface area contributed by atoms with Crippen molar-refractivity contribution in [2.24, 2.45) is 0 Å². The number of nitrogens with one attached hydrogen (secondary N) is 2. The molecule has 2 N–H and O–H groups in total. The van der Waals surface area contributed by atoms with Gasteiger partial charge in [-0.15, -0.1) is 0 Å². The fraction of sp³-hybridized carbons (Fsp3) is 0.846. The first-order chi connectivity index (χ1) is 9.59. The van der Waals surface area contributed by atoms with Crippen LogP contribution in [-0.2, 0) is 14.6 Å². The van der Waals surface area contributed by atoms with E-state index in [0.29, 0.717) is 25.9 Å². The standard InChI is InChI=1S/C13H23N3O4S/c1-12(2,3)21(19,20)9-8-16-10(17)13(15-11(16)18)4-6-14-7-5-13/h14H,4-9H2,1-3H3,(H,15,18). The van der Waals surface area contributed by atoms with Gasteiger partial charge < -0.3 is 10.6 Å². The van der Waals surface area contributed by atoms with Gasteiger partial charge in [-0.3, -0.25) is 9.69 Å². The van der Waals surface area contributed by atoms with E-state index in [0.717, 1.165) is 4.90 Å². The van der Waals surface area contributed by atoms with Gasteiger partial charge in [-0.25, -0.2) is 13.2 Å². The Hall–Kier alpha value is -1.15. The van der Waals surface area contributed by atoms with Crippen molar-refractivity contribution in [3.8, 4) is 0 Å². The maximum Gasteiger partial charge on any atom is 0.325 e. The Morgan fingerprint density at radius 3 is 2.29 bits per heavy atom. The first-order valence-corrected chi connectivity index (χ1v) is 8.81. The molecule has 2 fully saturated rings. The Labute approximate surface area is 125 Å². The van der Waals surface area contributed by atoms with Gasteiger partial charge in [0.15, 0.2) is 9.84 Å². The molecule has 2 aliphatic rings. The Balaban J connectivity index is 2.08. The molecule has 3 amide bonds. The van der Waals surface area contributed by atoms with Gasteiger partial charge in [0.25, 0.3) is 5.91 Å². The maximum atomic E-state index is 12.5. The van der Waals surface area contributed by atoms with Crippen LogP contribution in [0.3, 0.4) is 0 Å². The molecular weight excluding hydrogens is 294 g/mol. The Bertz CT molecular complexity index is 544. The highest BCUT2D eigenvalue weighted by Crippen LogP contribution is 2.27. The molecule has 2 aliphatic heterocycles. The lowest BCUT2D eigenvalue weighted by Gasteiger charge is -2.31. The summed E-state index contributed by atoms with van der Waals surface area (Å²) in [6.07, 6.45) is 1.08. The predicted molar refractivity (Wildman–Crippen MR) is 78.6 cm³/mol. The summed E-state index contributed by atoms with van der Waals surface area (Å²) in [5.74, 6) is -0.498. The van der Waals surface area contributed by atoms with Gasteiger partial charge in [-0.2, -0.15) is 0 Å². The summed E-state index contributed by atoms with van der Waals surface area (Å²) in [4.78, 5) is 25.5. The minimum Gasteiger partial charge on any atom is -0.323 e. The van der Waals surface area contributed by atoms with Crippen LogP contribution in [0, 0.1) is 0 Å². The number of imide groups is 1. The third kappa shape index (κ3) is 2.91. The fourth-order valence-electron chi connectivity index (χ4n) is 2.59. The molecule has 120 valence electrons. The summed E-state index contributed by atoms with van der Waals surface area (Å²) in [6, 6.07) is -0.481. The van der Waals surface area contributed by atoms with Crippen LogP contribution in [0.4, 0.5) is 4.79 Å². The molecule has 0 aromatic carbocycles. The van der Waals surface area contributed by atoms with E-state index in [2.05, 4.69) is 10.6 Å². The van der Waals surface area contributed by atoms with Crippen molar-refractivity contribution in [2.75, 3.05) is 25.4 Å². The van der Waals surface area contributed by atoms with E-state index < -0.39 is 26.2 Å². The number of hydrogen-bond acceptors (Lipinski definition) is 5. The molecule has 8 heteroatoms. The monoisotopic (exact) mass is 317 g/mol. The lowest BCUT2D eigenvalue weighted by molar-refractivity contribution is -0.132. The number of nitrogens with zero attached hydrogens (tertiary/aromatic N) is 1. The highest BCUT2D eigenvalue weighted by molar-refractivity contribution is 7.92. The van der Waals surface area contributed by atoms with Gasteiger partial charge >= 0.3 is 6.03 Å².